The van der Waals surface area contributed by atoms with Gasteiger partial charge in [-0.1, -0.05) is 58.4 Å². The van der Waals surface area contributed by atoms with Crippen molar-refractivity contribution in [2.75, 3.05) is 6.61 Å². The Morgan fingerprint density at radius 1 is 1.15 bits per heavy atom. The Morgan fingerprint density at radius 3 is 2.60 bits per heavy atom. The van der Waals surface area contributed by atoms with E-state index in [-0.39, 0.29) is 5.97 Å². The van der Waals surface area contributed by atoms with Crippen LogP contribution in [0.25, 0.3) is 12.2 Å². The Bertz CT molecular complexity index is 618. The third-order valence-electron chi connectivity index (χ3n) is 2.76. The van der Waals surface area contributed by atoms with Crippen LogP contribution in [-0.2, 0) is 4.74 Å². The third-order valence-corrected chi connectivity index (χ3v) is 3.48. The van der Waals surface area contributed by atoms with Crippen LogP contribution in [0, 0.1) is 0 Å². The monoisotopic (exact) mass is 330 g/mol. The van der Waals surface area contributed by atoms with Crippen molar-refractivity contribution in [1.82, 2.24) is 0 Å². The fourth-order valence-electron chi connectivity index (χ4n) is 1.76. The van der Waals surface area contributed by atoms with Gasteiger partial charge in [0.2, 0.25) is 0 Å². The number of carbonyl (C=O) groups excluding carboxylic acids is 1. The SMILES string of the molecule is CCOC(=O)c1ccc(Br)c(/C=C/c2ccccc2)c1. The van der Waals surface area contributed by atoms with Gasteiger partial charge in [0.25, 0.3) is 0 Å². The van der Waals surface area contributed by atoms with E-state index in [1.54, 1.807) is 13.0 Å². The molecule has 0 unspecified atom stereocenters. The zero-order valence-electron chi connectivity index (χ0n) is 11.2. The van der Waals surface area contributed by atoms with Gasteiger partial charge in [-0.05, 0) is 36.2 Å². The highest BCUT2D eigenvalue weighted by molar-refractivity contribution is 9.10. The van der Waals surface area contributed by atoms with Gasteiger partial charge in [0.05, 0.1) is 12.2 Å². The number of benzene rings is 2. The molecule has 0 N–H and O–H groups in total. The van der Waals surface area contributed by atoms with Crippen molar-refractivity contribution in [1.29, 1.82) is 0 Å². The molecule has 2 aromatic carbocycles. The molecule has 2 nitrogen and oxygen atoms in total. The van der Waals surface area contributed by atoms with Crippen LogP contribution in [0.2, 0.25) is 0 Å². The summed E-state index contributed by atoms with van der Waals surface area (Å²) in [7, 11) is 0. The van der Waals surface area contributed by atoms with E-state index < -0.39 is 0 Å². The summed E-state index contributed by atoms with van der Waals surface area (Å²) in [5.74, 6) is -0.297. The van der Waals surface area contributed by atoms with Crippen molar-refractivity contribution in [2.45, 2.75) is 6.92 Å². The Kier molecular flexibility index (Phi) is 5.13. The second kappa shape index (κ2) is 7.06. The minimum Gasteiger partial charge on any atom is -0.462 e. The van der Waals surface area contributed by atoms with Crippen LogP contribution in [0.5, 0.6) is 0 Å². The second-order valence-corrected chi connectivity index (χ2v) is 5.06. The van der Waals surface area contributed by atoms with Gasteiger partial charge in [-0.3, -0.25) is 0 Å². The van der Waals surface area contributed by atoms with Crippen LogP contribution >= 0.6 is 15.9 Å². The molecule has 0 aliphatic heterocycles. The second-order valence-electron chi connectivity index (χ2n) is 4.20. The van der Waals surface area contributed by atoms with Gasteiger partial charge in [0, 0.05) is 4.47 Å². The summed E-state index contributed by atoms with van der Waals surface area (Å²) >= 11 is 3.49. The Hall–Kier alpha value is -1.87. The molecule has 0 spiro atoms. The molecule has 0 radical (unpaired) electrons. The summed E-state index contributed by atoms with van der Waals surface area (Å²) in [6.07, 6.45) is 3.98. The van der Waals surface area contributed by atoms with Crippen molar-refractivity contribution in [3.8, 4) is 0 Å². The van der Waals surface area contributed by atoms with Gasteiger partial charge in [-0.25, -0.2) is 4.79 Å². The topological polar surface area (TPSA) is 26.3 Å². The predicted octanol–water partition coefficient (Wildman–Crippen LogP) is 4.80. The molecular weight excluding hydrogens is 316 g/mol. The number of esters is 1. The number of halogens is 1. The maximum absolute atomic E-state index is 11.7. The largest absolute Gasteiger partial charge is 0.462 e. The molecule has 0 aliphatic rings. The summed E-state index contributed by atoms with van der Waals surface area (Å²) < 4.78 is 5.95. The first-order chi connectivity index (χ1) is 9.70. The lowest BCUT2D eigenvalue weighted by atomic mass is 10.1. The molecule has 0 saturated heterocycles. The molecule has 102 valence electrons. The summed E-state index contributed by atoms with van der Waals surface area (Å²) in [6, 6.07) is 15.4. The Labute approximate surface area is 127 Å². The minimum atomic E-state index is -0.297. The molecule has 0 fully saturated rings. The first-order valence-corrected chi connectivity index (χ1v) is 7.20. The number of carbonyl (C=O) groups is 1. The van der Waals surface area contributed by atoms with E-state index in [0.717, 1.165) is 15.6 Å². The summed E-state index contributed by atoms with van der Waals surface area (Å²) in [5, 5.41) is 0. The van der Waals surface area contributed by atoms with Crippen molar-refractivity contribution >= 4 is 34.1 Å². The van der Waals surface area contributed by atoms with Gasteiger partial charge in [0.1, 0.15) is 0 Å². The molecule has 0 saturated carbocycles. The standard InChI is InChI=1S/C17H15BrO2/c1-2-20-17(19)15-10-11-16(18)14(12-15)9-8-13-6-4-3-5-7-13/h3-12H,2H2,1H3/b9-8+. The molecule has 3 heteroatoms. The van der Waals surface area contributed by atoms with Crippen LogP contribution in [-0.4, -0.2) is 12.6 Å². The smallest absolute Gasteiger partial charge is 0.338 e. The molecule has 0 aliphatic carbocycles. The summed E-state index contributed by atoms with van der Waals surface area (Å²) in [6.45, 7) is 2.18. The zero-order valence-corrected chi connectivity index (χ0v) is 12.8. The normalized spacial score (nSPS) is 10.7. The van der Waals surface area contributed by atoms with E-state index in [4.69, 9.17) is 4.74 Å². The fourth-order valence-corrected chi connectivity index (χ4v) is 2.14. The molecular formula is C17H15BrO2. The number of ether oxygens (including phenoxy) is 1. The van der Waals surface area contributed by atoms with Gasteiger partial charge >= 0.3 is 5.97 Å². The summed E-state index contributed by atoms with van der Waals surface area (Å²) in [4.78, 5) is 11.7. The Morgan fingerprint density at radius 2 is 1.90 bits per heavy atom. The molecule has 0 amide bonds. The predicted molar refractivity (Wildman–Crippen MR) is 85.5 cm³/mol. The Balaban J connectivity index is 2.25. The maximum Gasteiger partial charge on any atom is 0.338 e. The van der Waals surface area contributed by atoms with Crippen LogP contribution in [0.3, 0.4) is 0 Å². The summed E-state index contributed by atoms with van der Waals surface area (Å²) in [5.41, 5.74) is 2.61. The maximum atomic E-state index is 11.7. The van der Waals surface area contributed by atoms with Gasteiger partial charge < -0.3 is 4.74 Å². The number of hydrogen-bond acceptors (Lipinski definition) is 2. The van der Waals surface area contributed by atoms with E-state index in [1.165, 1.54) is 0 Å². The van der Waals surface area contributed by atoms with E-state index in [2.05, 4.69) is 15.9 Å². The lowest BCUT2D eigenvalue weighted by molar-refractivity contribution is 0.0526. The highest BCUT2D eigenvalue weighted by Gasteiger charge is 2.07. The van der Waals surface area contributed by atoms with Crippen molar-refractivity contribution in [3.05, 3.63) is 69.7 Å². The molecule has 0 atom stereocenters. The van der Waals surface area contributed by atoms with Crippen molar-refractivity contribution < 1.29 is 9.53 Å². The van der Waals surface area contributed by atoms with E-state index >= 15 is 0 Å². The molecule has 0 heterocycles. The highest BCUT2D eigenvalue weighted by Crippen LogP contribution is 2.21. The fraction of sp³-hybridized carbons (Fsp3) is 0.118. The zero-order chi connectivity index (χ0) is 14.4. The van der Waals surface area contributed by atoms with Crippen LogP contribution < -0.4 is 0 Å². The molecule has 2 aromatic rings. The van der Waals surface area contributed by atoms with E-state index in [1.807, 2.05) is 54.6 Å². The van der Waals surface area contributed by atoms with E-state index in [0.29, 0.717) is 12.2 Å². The minimum absolute atomic E-state index is 0.297. The lowest BCUT2D eigenvalue weighted by Gasteiger charge is -2.04. The van der Waals surface area contributed by atoms with Crippen LogP contribution in [0.15, 0.2) is 53.0 Å². The van der Waals surface area contributed by atoms with E-state index in [9.17, 15) is 4.79 Å². The van der Waals surface area contributed by atoms with Gasteiger partial charge in [0.15, 0.2) is 0 Å². The first-order valence-electron chi connectivity index (χ1n) is 6.40. The highest BCUT2D eigenvalue weighted by atomic mass is 79.9. The molecule has 0 bridgehead atoms. The quantitative estimate of drug-likeness (QED) is 0.594. The van der Waals surface area contributed by atoms with Crippen molar-refractivity contribution in [3.63, 3.8) is 0 Å². The molecule has 2 rings (SSSR count). The van der Waals surface area contributed by atoms with Crippen molar-refractivity contribution in [2.24, 2.45) is 0 Å². The average Bonchev–Trinajstić information content (AvgIpc) is 2.47. The third kappa shape index (κ3) is 3.81. The number of rotatable bonds is 4. The lowest BCUT2D eigenvalue weighted by Crippen LogP contribution is -2.04. The first kappa shape index (κ1) is 14.5. The molecule has 20 heavy (non-hydrogen) atoms. The number of hydrogen-bond donors (Lipinski definition) is 0. The van der Waals surface area contributed by atoms with Gasteiger partial charge in [-0.15, -0.1) is 0 Å². The van der Waals surface area contributed by atoms with Crippen LogP contribution in [0.4, 0.5) is 0 Å². The molecule has 0 aromatic heterocycles. The average molecular weight is 331 g/mol. The van der Waals surface area contributed by atoms with Gasteiger partial charge in [-0.2, -0.15) is 0 Å². The van der Waals surface area contributed by atoms with Crippen LogP contribution in [0.1, 0.15) is 28.4 Å².